The lowest BCUT2D eigenvalue weighted by Gasteiger charge is -1.84. The lowest BCUT2D eigenvalue weighted by molar-refractivity contribution is 1.49. The highest BCUT2D eigenvalue weighted by molar-refractivity contribution is 7.37. The fourth-order valence-corrected chi connectivity index (χ4v) is 2.39. The summed E-state index contributed by atoms with van der Waals surface area (Å²) in [7, 11) is -0.0620. The molecule has 0 aliphatic carbocycles. The molecular weight excluding hydrogens is 156 g/mol. The Kier molecular flexibility index (Phi) is 1.62. The number of thiophene rings is 1. The van der Waals surface area contributed by atoms with Gasteiger partial charge in [-0.05, 0) is 6.07 Å². The minimum atomic E-state index is -0.0620. The van der Waals surface area contributed by atoms with Gasteiger partial charge in [0.2, 0.25) is 4.70 Å². The SMILES string of the molecule is NN[s+]1ccc2ccccc21. The van der Waals surface area contributed by atoms with Crippen LogP contribution in [0.15, 0.2) is 35.7 Å². The van der Waals surface area contributed by atoms with Crippen molar-refractivity contribution in [2.24, 2.45) is 5.84 Å². The van der Waals surface area contributed by atoms with Crippen LogP contribution in [0, 0.1) is 0 Å². The number of nitrogens with one attached hydrogen (secondary N) is 1. The number of rotatable bonds is 1. The van der Waals surface area contributed by atoms with Crippen molar-refractivity contribution in [1.82, 2.24) is 0 Å². The van der Waals surface area contributed by atoms with Crippen LogP contribution in [0.1, 0.15) is 0 Å². The molecule has 0 amide bonds. The fraction of sp³-hybridized carbons (Fsp3) is 0. The second kappa shape index (κ2) is 2.62. The van der Waals surface area contributed by atoms with Gasteiger partial charge < -0.3 is 0 Å². The maximum absolute atomic E-state index is 5.36. The van der Waals surface area contributed by atoms with E-state index in [0.717, 1.165) is 0 Å². The molecule has 0 aliphatic rings. The monoisotopic (exact) mass is 165 g/mol. The summed E-state index contributed by atoms with van der Waals surface area (Å²) in [5.41, 5.74) is 0. The second-order valence-electron chi connectivity index (χ2n) is 2.30. The molecule has 3 heteroatoms. The van der Waals surface area contributed by atoms with Crippen molar-refractivity contribution in [3.63, 3.8) is 0 Å². The summed E-state index contributed by atoms with van der Waals surface area (Å²) >= 11 is 0. The molecule has 56 valence electrons. The van der Waals surface area contributed by atoms with Gasteiger partial charge in [0.25, 0.3) is 0 Å². The Morgan fingerprint density at radius 1 is 1.18 bits per heavy atom. The second-order valence-corrected chi connectivity index (χ2v) is 3.92. The van der Waals surface area contributed by atoms with Crippen LogP contribution in [-0.2, 0) is 0 Å². The summed E-state index contributed by atoms with van der Waals surface area (Å²) in [6, 6.07) is 10.3. The molecule has 1 aromatic heterocycles. The molecule has 0 saturated carbocycles. The number of hydrazine groups is 1. The van der Waals surface area contributed by atoms with Crippen molar-refractivity contribution in [2.45, 2.75) is 0 Å². The van der Waals surface area contributed by atoms with E-state index in [4.69, 9.17) is 5.84 Å². The number of hydrogen-bond donors (Lipinski definition) is 2. The van der Waals surface area contributed by atoms with E-state index in [-0.39, 0.29) is 10.7 Å². The highest BCUT2D eigenvalue weighted by atomic mass is 32.2. The molecule has 11 heavy (non-hydrogen) atoms. The van der Waals surface area contributed by atoms with Gasteiger partial charge in [-0.15, -0.1) is 0 Å². The quantitative estimate of drug-likeness (QED) is 0.385. The van der Waals surface area contributed by atoms with E-state index in [9.17, 15) is 0 Å². The molecule has 2 nitrogen and oxygen atoms in total. The van der Waals surface area contributed by atoms with Gasteiger partial charge >= 0.3 is 0 Å². The van der Waals surface area contributed by atoms with Crippen LogP contribution >= 0.6 is 10.7 Å². The van der Waals surface area contributed by atoms with Crippen molar-refractivity contribution in [3.05, 3.63) is 35.7 Å². The van der Waals surface area contributed by atoms with Crippen LogP contribution in [-0.4, -0.2) is 0 Å². The van der Waals surface area contributed by atoms with Gasteiger partial charge in [-0.1, -0.05) is 17.0 Å². The third kappa shape index (κ3) is 1.03. The number of hydrogen-bond acceptors (Lipinski definition) is 2. The molecule has 2 rings (SSSR count). The van der Waals surface area contributed by atoms with Gasteiger partial charge in [-0.25, -0.2) is 5.84 Å². The zero-order valence-corrected chi connectivity index (χ0v) is 6.77. The average molecular weight is 165 g/mol. The first-order valence-corrected chi connectivity index (χ1v) is 4.67. The zero-order chi connectivity index (χ0) is 7.68. The largest absolute Gasteiger partial charge is 0.226 e. The predicted molar refractivity (Wildman–Crippen MR) is 50.0 cm³/mol. The van der Waals surface area contributed by atoms with Gasteiger partial charge in [0.15, 0.2) is 5.38 Å². The van der Waals surface area contributed by atoms with Gasteiger partial charge in [0.1, 0.15) is 0 Å². The molecule has 1 heterocycles. The molecule has 0 radical (unpaired) electrons. The maximum atomic E-state index is 5.36. The molecule has 0 spiro atoms. The Labute approximate surface area is 67.7 Å². The Bertz CT molecular complexity index is 367. The minimum absolute atomic E-state index is 0.0620. The van der Waals surface area contributed by atoms with Crippen molar-refractivity contribution in [1.29, 1.82) is 0 Å². The standard InChI is InChI=1S/C8H9N2S/c9-10-11-6-5-7-3-1-2-4-8(7)11/h1-6,10H,9H2/q+1. The first-order valence-electron chi connectivity index (χ1n) is 3.38. The van der Waals surface area contributed by atoms with Crippen LogP contribution < -0.4 is 10.7 Å². The molecule has 1 atom stereocenters. The number of nitrogens with two attached hydrogens (primary N) is 1. The first-order chi connectivity index (χ1) is 5.42. The molecule has 0 saturated heterocycles. The van der Waals surface area contributed by atoms with E-state index in [1.165, 1.54) is 10.1 Å². The van der Waals surface area contributed by atoms with Gasteiger partial charge in [0.05, 0.1) is 10.7 Å². The number of benzene rings is 1. The molecule has 3 N–H and O–H groups in total. The molecule has 1 aromatic carbocycles. The summed E-state index contributed by atoms with van der Waals surface area (Å²) in [6.07, 6.45) is 0. The van der Waals surface area contributed by atoms with Crippen LogP contribution in [0.2, 0.25) is 0 Å². The topological polar surface area (TPSA) is 38.0 Å². The normalized spacial score (nSPS) is 12.3. The highest BCUT2D eigenvalue weighted by Crippen LogP contribution is 2.27. The van der Waals surface area contributed by atoms with E-state index in [0.29, 0.717) is 0 Å². The first kappa shape index (κ1) is 6.79. The average Bonchev–Trinajstić information content (AvgIpc) is 2.47. The zero-order valence-electron chi connectivity index (χ0n) is 5.95. The summed E-state index contributed by atoms with van der Waals surface area (Å²) in [5.74, 6) is 5.36. The Morgan fingerprint density at radius 2 is 2.00 bits per heavy atom. The van der Waals surface area contributed by atoms with Crippen LogP contribution in [0.3, 0.4) is 0 Å². The smallest absolute Gasteiger partial charge is 0.203 e. The van der Waals surface area contributed by atoms with E-state index >= 15 is 0 Å². The Balaban J connectivity index is 2.76. The minimum Gasteiger partial charge on any atom is -0.226 e. The van der Waals surface area contributed by atoms with E-state index in [2.05, 4.69) is 28.4 Å². The van der Waals surface area contributed by atoms with Crippen LogP contribution in [0.5, 0.6) is 0 Å². The summed E-state index contributed by atoms with van der Waals surface area (Å²) in [6.45, 7) is 0. The molecule has 0 aliphatic heterocycles. The van der Waals surface area contributed by atoms with Crippen molar-refractivity contribution < 1.29 is 0 Å². The van der Waals surface area contributed by atoms with Crippen molar-refractivity contribution in [3.8, 4) is 0 Å². The molecule has 0 fully saturated rings. The van der Waals surface area contributed by atoms with Crippen LogP contribution in [0.25, 0.3) is 10.1 Å². The molecule has 1 unspecified atom stereocenters. The Hall–Kier alpha value is -0.900. The summed E-state index contributed by atoms with van der Waals surface area (Å²) in [5, 5.41) is 3.36. The molecule has 2 aromatic rings. The van der Waals surface area contributed by atoms with E-state index < -0.39 is 0 Å². The summed E-state index contributed by atoms with van der Waals surface area (Å²) in [4.78, 5) is 2.76. The van der Waals surface area contributed by atoms with Crippen LogP contribution in [0.4, 0.5) is 0 Å². The fourth-order valence-electron chi connectivity index (χ4n) is 1.14. The molecular formula is C8H9N2S+. The lowest BCUT2D eigenvalue weighted by atomic mass is 10.3. The highest BCUT2D eigenvalue weighted by Gasteiger charge is 2.08. The van der Waals surface area contributed by atoms with Gasteiger partial charge in [0, 0.05) is 17.5 Å². The van der Waals surface area contributed by atoms with Crippen molar-refractivity contribution in [2.75, 3.05) is 4.83 Å². The third-order valence-corrected chi connectivity index (χ3v) is 3.17. The van der Waals surface area contributed by atoms with Gasteiger partial charge in [-0.2, -0.15) is 0 Å². The summed E-state index contributed by atoms with van der Waals surface area (Å²) < 4.78 is 1.29. The number of nitrogen functional groups attached to an aromatic ring is 1. The predicted octanol–water partition coefficient (Wildman–Crippen LogP) is 2.01. The number of fused-ring (bicyclic) bond motifs is 1. The molecule has 0 bridgehead atoms. The van der Waals surface area contributed by atoms with E-state index in [1.807, 2.05) is 12.1 Å². The lowest BCUT2D eigenvalue weighted by Crippen LogP contribution is -2.03. The van der Waals surface area contributed by atoms with E-state index in [1.54, 1.807) is 0 Å². The third-order valence-electron chi connectivity index (χ3n) is 1.67. The maximum Gasteiger partial charge on any atom is 0.203 e. The van der Waals surface area contributed by atoms with Gasteiger partial charge in [-0.3, -0.25) is 0 Å². The Morgan fingerprint density at radius 3 is 2.82 bits per heavy atom. The van der Waals surface area contributed by atoms with Crippen molar-refractivity contribution >= 4 is 20.7 Å².